The Morgan fingerprint density at radius 1 is 1.24 bits per heavy atom. The lowest BCUT2D eigenvalue weighted by Crippen LogP contribution is -2.29. The minimum atomic E-state index is -0.0426. The van der Waals surface area contributed by atoms with Gasteiger partial charge in [-0.2, -0.15) is 0 Å². The first-order valence-electron chi connectivity index (χ1n) is 8.23. The molecule has 1 aromatic carbocycles. The summed E-state index contributed by atoms with van der Waals surface area (Å²) in [5, 5.41) is 3.58. The fraction of sp³-hybridized carbons (Fsp3) is 0.667. The molecule has 1 aromatic rings. The molecule has 0 spiro atoms. The highest BCUT2D eigenvalue weighted by atomic mass is 79.9. The van der Waals surface area contributed by atoms with E-state index in [0.717, 1.165) is 29.5 Å². The van der Waals surface area contributed by atoms with E-state index in [4.69, 9.17) is 0 Å². The largest absolute Gasteiger partial charge is 0.316 e. The number of hydrogen-bond donors (Lipinski definition) is 1. The topological polar surface area (TPSA) is 12.0 Å². The zero-order valence-corrected chi connectivity index (χ0v) is 14.8. The summed E-state index contributed by atoms with van der Waals surface area (Å²) in [6.45, 7) is 6.51. The molecule has 0 aliphatic heterocycles. The van der Waals surface area contributed by atoms with Gasteiger partial charge < -0.3 is 5.32 Å². The smallest absolute Gasteiger partial charge is 0.126 e. The molecule has 1 saturated carbocycles. The summed E-state index contributed by atoms with van der Waals surface area (Å²) >= 11 is 3.49. The Morgan fingerprint density at radius 3 is 2.76 bits per heavy atom. The molecule has 0 bridgehead atoms. The Kier molecular flexibility index (Phi) is 6.69. The van der Waals surface area contributed by atoms with Crippen molar-refractivity contribution in [1.29, 1.82) is 0 Å². The maximum atomic E-state index is 14.3. The molecular weight excluding hydrogens is 329 g/mol. The van der Waals surface area contributed by atoms with Crippen molar-refractivity contribution in [3.63, 3.8) is 0 Å². The van der Waals surface area contributed by atoms with Crippen LogP contribution in [-0.2, 0) is 0 Å². The van der Waals surface area contributed by atoms with E-state index in [2.05, 4.69) is 35.1 Å². The molecular formula is C18H27BrFN. The van der Waals surface area contributed by atoms with E-state index in [-0.39, 0.29) is 5.82 Å². The van der Waals surface area contributed by atoms with Gasteiger partial charge in [0.2, 0.25) is 0 Å². The Labute approximate surface area is 136 Å². The molecule has 0 heterocycles. The van der Waals surface area contributed by atoms with Gasteiger partial charge in [0, 0.05) is 4.47 Å². The number of hydrogen-bond acceptors (Lipinski definition) is 1. The normalized spacial score (nSPS) is 23.3. The highest BCUT2D eigenvalue weighted by molar-refractivity contribution is 9.10. The molecule has 1 aliphatic rings. The van der Waals surface area contributed by atoms with E-state index in [1.54, 1.807) is 12.1 Å². The molecule has 2 atom stereocenters. The van der Waals surface area contributed by atoms with Crippen molar-refractivity contribution >= 4 is 15.9 Å². The van der Waals surface area contributed by atoms with Gasteiger partial charge in [-0.25, -0.2) is 4.39 Å². The van der Waals surface area contributed by atoms with Gasteiger partial charge in [0.15, 0.2) is 0 Å². The SMILES string of the molecule is CC(C)CNCC1CCCCCC1c1cc(Br)ccc1F. The van der Waals surface area contributed by atoms with Crippen molar-refractivity contribution in [2.24, 2.45) is 11.8 Å². The van der Waals surface area contributed by atoms with Gasteiger partial charge in [0.05, 0.1) is 0 Å². The highest BCUT2D eigenvalue weighted by Gasteiger charge is 2.27. The third-order valence-electron chi connectivity index (χ3n) is 4.48. The second-order valence-electron chi connectivity index (χ2n) is 6.72. The van der Waals surface area contributed by atoms with E-state index < -0.39 is 0 Å². The fourth-order valence-corrected chi connectivity index (χ4v) is 3.77. The average molecular weight is 356 g/mol. The summed E-state index contributed by atoms with van der Waals surface area (Å²) in [7, 11) is 0. The summed E-state index contributed by atoms with van der Waals surface area (Å²) in [6, 6.07) is 5.38. The molecule has 0 radical (unpaired) electrons. The lowest BCUT2D eigenvalue weighted by atomic mass is 9.82. The second-order valence-corrected chi connectivity index (χ2v) is 7.64. The van der Waals surface area contributed by atoms with Gasteiger partial charge in [-0.3, -0.25) is 0 Å². The van der Waals surface area contributed by atoms with Gasteiger partial charge in [0.25, 0.3) is 0 Å². The van der Waals surface area contributed by atoms with Gasteiger partial charge in [-0.1, -0.05) is 49.0 Å². The van der Waals surface area contributed by atoms with Crippen molar-refractivity contribution in [1.82, 2.24) is 5.32 Å². The van der Waals surface area contributed by atoms with Crippen molar-refractivity contribution in [2.75, 3.05) is 13.1 Å². The minimum absolute atomic E-state index is 0.0426. The lowest BCUT2D eigenvalue weighted by molar-refractivity contribution is 0.358. The third kappa shape index (κ3) is 5.07. The molecule has 1 N–H and O–H groups in total. The summed E-state index contributed by atoms with van der Waals surface area (Å²) in [5.74, 6) is 1.52. The molecule has 1 aliphatic carbocycles. The van der Waals surface area contributed by atoms with Crippen LogP contribution >= 0.6 is 15.9 Å². The molecule has 21 heavy (non-hydrogen) atoms. The molecule has 0 amide bonds. The first-order valence-corrected chi connectivity index (χ1v) is 9.03. The van der Waals surface area contributed by atoms with Crippen LogP contribution in [0.15, 0.2) is 22.7 Å². The lowest BCUT2D eigenvalue weighted by Gasteiger charge is -2.27. The van der Waals surface area contributed by atoms with E-state index in [9.17, 15) is 4.39 Å². The van der Waals surface area contributed by atoms with Crippen LogP contribution in [0.3, 0.4) is 0 Å². The summed E-state index contributed by atoms with van der Waals surface area (Å²) in [6.07, 6.45) is 6.10. The molecule has 118 valence electrons. The maximum Gasteiger partial charge on any atom is 0.126 e. The Balaban J connectivity index is 2.13. The summed E-state index contributed by atoms with van der Waals surface area (Å²) in [5.41, 5.74) is 0.905. The zero-order valence-electron chi connectivity index (χ0n) is 13.2. The summed E-state index contributed by atoms with van der Waals surface area (Å²) < 4.78 is 15.3. The third-order valence-corrected chi connectivity index (χ3v) is 4.97. The van der Waals surface area contributed by atoms with Crippen LogP contribution < -0.4 is 5.32 Å². The molecule has 1 fully saturated rings. The zero-order chi connectivity index (χ0) is 15.2. The Morgan fingerprint density at radius 2 is 2.00 bits per heavy atom. The predicted molar refractivity (Wildman–Crippen MR) is 91.1 cm³/mol. The summed E-state index contributed by atoms with van der Waals surface area (Å²) in [4.78, 5) is 0. The van der Waals surface area contributed by atoms with Crippen LogP contribution in [0.1, 0.15) is 57.4 Å². The van der Waals surface area contributed by atoms with E-state index in [1.165, 1.54) is 25.7 Å². The molecule has 0 saturated heterocycles. The van der Waals surface area contributed by atoms with Crippen LogP contribution in [0.2, 0.25) is 0 Å². The number of halogens is 2. The van der Waals surface area contributed by atoms with Gasteiger partial charge >= 0.3 is 0 Å². The molecule has 2 rings (SSSR count). The quantitative estimate of drug-likeness (QED) is 0.687. The predicted octanol–water partition coefficient (Wildman–Crippen LogP) is 5.50. The van der Waals surface area contributed by atoms with Gasteiger partial charge in [0.1, 0.15) is 5.82 Å². The Hall–Kier alpha value is -0.410. The highest BCUT2D eigenvalue weighted by Crippen LogP contribution is 2.38. The van der Waals surface area contributed by atoms with E-state index in [0.29, 0.717) is 17.8 Å². The number of benzene rings is 1. The van der Waals surface area contributed by atoms with Crippen molar-refractivity contribution in [3.05, 3.63) is 34.1 Å². The average Bonchev–Trinajstić information content (AvgIpc) is 2.67. The standard InChI is InChI=1S/C18H27BrFN/c1-13(2)11-21-12-14-6-4-3-5-7-16(14)17-10-15(19)8-9-18(17)20/h8-10,13-14,16,21H,3-7,11-12H2,1-2H3. The van der Waals surface area contributed by atoms with Crippen molar-refractivity contribution in [3.8, 4) is 0 Å². The first kappa shape index (κ1) is 17.0. The Bertz CT molecular complexity index is 447. The van der Waals surface area contributed by atoms with Crippen LogP contribution in [0.5, 0.6) is 0 Å². The molecule has 1 nitrogen and oxygen atoms in total. The van der Waals surface area contributed by atoms with Crippen LogP contribution in [-0.4, -0.2) is 13.1 Å². The fourth-order valence-electron chi connectivity index (χ4n) is 3.39. The van der Waals surface area contributed by atoms with Gasteiger partial charge in [-0.05, 0) is 67.4 Å². The second kappa shape index (κ2) is 8.28. The van der Waals surface area contributed by atoms with Gasteiger partial charge in [-0.15, -0.1) is 0 Å². The first-order chi connectivity index (χ1) is 10.1. The van der Waals surface area contributed by atoms with Crippen LogP contribution in [0.4, 0.5) is 4.39 Å². The van der Waals surface area contributed by atoms with Crippen molar-refractivity contribution < 1.29 is 4.39 Å². The number of rotatable bonds is 5. The van der Waals surface area contributed by atoms with E-state index >= 15 is 0 Å². The maximum absolute atomic E-state index is 14.3. The van der Waals surface area contributed by atoms with E-state index in [1.807, 2.05) is 6.07 Å². The minimum Gasteiger partial charge on any atom is -0.316 e. The van der Waals surface area contributed by atoms with Crippen LogP contribution in [0, 0.1) is 17.7 Å². The molecule has 2 unspecified atom stereocenters. The van der Waals surface area contributed by atoms with Crippen LogP contribution in [0.25, 0.3) is 0 Å². The monoisotopic (exact) mass is 355 g/mol. The number of nitrogens with one attached hydrogen (secondary N) is 1. The molecule has 3 heteroatoms. The van der Waals surface area contributed by atoms with Crippen molar-refractivity contribution in [2.45, 2.75) is 51.9 Å². The molecule has 0 aromatic heterocycles.